The first-order valence-corrected chi connectivity index (χ1v) is 7.36. The zero-order chi connectivity index (χ0) is 14.8. The SMILES string of the molecule is O=C(NC1(CO)CCCC1)C1CCC(C(F)(F)F)CC1. The number of nitrogens with one attached hydrogen (secondary N) is 1. The summed E-state index contributed by atoms with van der Waals surface area (Å²) < 4.78 is 37.7. The largest absolute Gasteiger partial charge is 0.394 e. The van der Waals surface area contributed by atoms with E-state index in [2.05, 4.69) is 5.32 Å². The topological polar surface area (TPSA) is 49.3 Å². The van der Waals surface area contributed by atoms with Gasteiger partial charge in [0, 0.05) is 5.92 Å². The molecule has 0 atom stereocenters. The zero-order valence-corrected chi connectivity index (χ0v) is 11.5. The lowest BCUT2D eigenvalue weighted by Gasteiger charge is -2.33. The molecule has 20 heavy (non-hydrogen) atoms. The Hall–Kier alpha value is -0.780. The standard InChI is InChI=1S/C14H22F3NO2/c15-14(16,17)11-5-3-10(4-6-11)12(20)18-13(9-19)7-1-2-8-13/h10-11,19H,1-9H2,(H,18,20). The summed E-state index contributed by atoms with van der Waals surface area (Å²) in [6.07, 6.45) is -0.0285. The number of hydrogen-bond donors (Lipinski definition) is 2. The van der Waals surface area contributed by atoms with E-state index in [9.17, 15) is 23.1 Å². The first-order valence-electron chi connectivity index (χ1n) is 7.36. The van der Waals surface area contributed by atoms with Crippen molar-refractivity contribution >= 4 is 5.91 Å². The molecule has 2 aliphatic carbocycles. The van der Waals surface area contributed by atoms with E-state index in [4.69, 9.17) is 0 Å². The van der Waals surface area contributed by atoms with Crippen LogP contribution in [0.2, 0.25) is 0 Å². The van der Waals surface area contributed by atoms with Crippen molar-refractivity contribution in [2.24, 2.45) is 11.8 Å². The lowest BCUT2D eigenvalue weighted by molar-refractivity contribution is -0.184. The van der Waals surface area contributed by atoms with Crippen LogP contribution in [0.1, 0.15) is 51.4 Å². The second-order valence-corrected chi connectivity index (χ2v) is 6.22. The molecular formula is C14H22F3NO2. The summed E-state index contributed by atoms with van der Waals surface area (Å²) >= 11 is 0. The summed E-state index contributed by atoms with van der Waals surface area (Å²) in [5.74, 6) is -1.77. The van der Waals surface area contributed by atoms with Gasteiger partial charge in [0.2, 0.25) is 5.91 Å². The molecule has 6 heteroatoms. The van der Waals surface area contributed by atoms with Gasteiger partial charge in [0.25, 0.3) is 0 Å². The molecule has 0 aromatic heterocycles. The normalized spacial score (nSPS) is 30.2. The maximum Gasteiger partial charge on any atom is 0.391 e. The van der Waals surface area contributed by atoms with Gasteiger partial charge in [0.05, 0.1) is 18.1 Å². The summed E-state index contributed by atoms with van der Waals surface area (Å²) in [6, 6.07) is 0. The zero-order valence-electron chi connectivity index (χ0n) is 11.5. The molecule has 116 valence electrons. The highest BCUT2D eigenvalue weighted by molar-refractivity contribution is 5.79. The number of carbonyl (C=O) groups excluding carboxylic acids is 1. The number of rotatable bonds is 3. The number of halogens is 3. The van der Waals surface area contributed by atoms with E-state index in [-0.39, 0.29) is 44.1 Å². The van der Waals surface area contributed by atoms with Gasteiger partial charge in [-0.05, 0) is 38.5 Å². The summed E-state index contributed by atoms with van der Waals surface area (Å²) in [7, 11) is 0. The van der Waals surface area contributed by atoms with Gasteiger partial charge in [0.1, 0.15) is 0 Å². The maximum absolute atomic E-state index is 12.6. The Bertz CT molecular complexity index is 343. The maximum atomic E-state index is 12.6. The molecule has 0 aromatic carbocycles. The highest BCUT2D eigenvalue weighted by Crippen LogP contribution is 2.40. The first-order chi connectivity index (χ1) is 9.36. The highest BCUT2D eigenvalue weighted by Gasteiger charge is 2.43. The summed E-state index contributed by atoms with van der Waals surface area (Å²) in [6.45, 7) is -0.0867. The van der Waals surface area contributed by atoms with Crippen molar-refractivity contribution < 1.29 is 23.1 Å². The van der Waals surface area contributed by atoms with Crippen molar-refractivity contribution in [2.75, 3.05) is 6.61 Å². The van der Waals surface area contributed by atoms with Crippen molar-refractivity contribution in [3.05, 3.63) is 0 Å². The number of aliphatic hydroxyl groups excluding tert-OH is 1. The third kappa shape index (κ3) is 3.45. The Morgan fingerprint density at radius 1 is 1.15 bits per heavy atom. The van der Waals surface area contributed by atoms with Crippen molar-refractivity contribution in [2.45, 2.75) is 63.1 Å². The van der Waals surface area contributed by atoms with Gasteiger partial charge < -0.3 is 10.4 Å². The predicted molar refractivity (Wildman–Crippen MR) is 67.9 cm³/mol. The van der Waals surface area contributed by atoms with Gasteiger partial charge in [-0.25, -0.2) is 0 Å². The van der Waals surface area contributed by atoms with Crippen LogP contribution < -0.4 is 5.32 Å². The fourth-order valence-electron chi connectivity index (χ4n) is 3.42. The fourth-order valence-corrected chi connectivity index (χ4v) is 3.42. The number of carbonyl (C=O) groups is 1. The molecule has 3 nitrogen and oxygen atoms in total. The average Bonchev–Trinajstić information content (AvgIpc) is 2.87. The lowest BCUT2D eigenvalue weighted by atomic mass is 9.80. The number of hydrogen-bond acceptors (Lipinski definition) is 2. The number of alkyl halides is 3. The van der Waals surface area contributed by atoms with Crippen LogP contribution in [0.4, 0.5) is 13.2 Å². The molecule has 0 saturated heterocycles. The van der Waals surface area contributed by atoms with Gasteiger partial charge in [-0.3, -0.25) is 4.79 Å². The van der Waals surface area contributed by atoms with Crippen LogP contribution in [0.15, 0.2) is 0 Å². The minimum absolute atomic E-state index is 0.0354. The molecule has 0 bridgehead atoms. The van der Waals surface area contributed by atoms with E-state index in [0.29, 0.717) is 0 Å². The van der Waals surface area contributed by atoms with E-state index < -0.39 is 17.6 Å². The molecule has 2 aliphatic rings. The van der Waals surface area contributed by atoms with Crippen LogP contribution >= 0.6 is 0 Å². The molecular weight excluding hydrogens is 271 g/mol. The Morgan fingerprint density at radius 2 is 1.70 bits per heavy atom. The van der Waals surface area contributed by atoms with Crippen LogP contribution in [0.25, 0.3) is 0 Å². The second kappa shape index (κ2) is 5.92. The molecule has 2 fully saturated rings. The summed E-state index contributed by atoms with van der Waals surface area (Å²) in [4.78, 5) is 12.2. The molecule has 0 aliphatic heterocycles. The Balaban J connectivity index is 1.86. The van der Waals surface area contributed by atoms with Crippen molar-refractivity contribution in [3.63, 3.8) is 0 Å². The smallest absolute Gasteiger partial charge is 0.391 e. The van der Waals surface area contributed by atoms with Gasteiger partial charge in [0.15, 0.2) is 0 Å². The Morgan fingerprint density at radius 3 is 2.15 bits per heavy atom. The lowest BCUT2D eigenvalue weighted by Crippen LogP contribution is -2.51. The summed E-state index contributed by atoms with van der Waals surface area (Å²) in [5.41, 5.74) is -0.530. The van der Waals surface area contributed by atoms with Gasteiger partial charge in [-0.1, -0.05) is 12.8 Å². The molecule has 2 rings (SSSR count). The van der Waals surface area contributed by atoms with Gasteiger partial charge in [-0.2, -0.15) is 13.2 Å². The van der Waals surface area contributed by atoms with Crippen LogP contribution in [-0.2, 0) is 4.79 Å². The molecule has 0 aromatic rings. The number of aliphatic hydroxyl groups is 1. The molecule has 0 heterocycles. The van der Waals surface area contributed by atoms with Crippen LogP contribution in [0, 0.1) is 11.8 Å². The van der Waals surface area contributed by atoms with Crippen LogP contribution in [0.5, 0.6) is 0 Å². The molecule has 0 unspecified atom stereocenters. The average molecular weight is 293 g/mol. The number of amides is 1. The molecule has 2 saturated carbocycles. The highest BCUT2D eigenvalue weighted by atomic mass is 19.4. The minimum atomic E-state index is -4.14. The van der Waals surface area contributed by atoms with E-state index >= 15 is 0 Å². The molecule has 2 N–H and O–H groups in total. The van der Waals surface area contributed by atoms with E-state index in [1.807, 2.05) is 0 Å². The van der Waals surface area contributed by atoms with Crippen LogP contribution in [0.3, 0.4) is 0 Å². The first kappa shape index (κ1) is 15.6. The Kier molecular flexibility index (Phi) is 4.62. The summed E-state index contributed by atoms with van der Waals surface area (Å²) in [5, 5.41) is 12.3. The van der Waals surface area contributed by atoms with E-state index in [1.165, 1.54) is 0 Å². The van der Waals surface area contributed by atoms with E-state index in [1.54, 1.807) is 0 Å². The van der Waals surface area contributed by atoms with Gasteiger partial charge >= 0.3 is 6.18 Å². The van der Waals surface area contributed by atoms with Crippen molar-refractivity contribution in [3.8, 4) is 0 Å². The minimum Gasteiger partial charge on any atom is -0.394 e. The third-order valence-corrected chi connectivity index (χ3v) is 4.81. The quantitative estimate of drug-likeness (QED) is 0.840. The monoisotopic (exact) mass is 293 g/mol. The molecule has 0 spiro atoms. The van der Waals surface area contributed by atoms with E-state index in [0.717, 1.165) is 25.7 Å². The predicted octanol–water partition coefficient (Wildman–Crippen LogP) is 2.78. The fraction of sp³-hybridized carbons (Fsp3) is 0.929. The molecule has 0 radical (unpaired) electrons. The Labute approximate surface area is 116 Å². The molecule has 1 amide bonds. The third-order valence-electron chi connectivity index (χ3n) is 4.81. The van der Waals surface area contributed by atoms with Crippen molar-refractivity contribution in [1.82, 2.24) is 5.32 Å². The van der Waals surface area contributed by atoms with Gasteiger partial charge in [-0.15, -0.1) is 0 Å². The second-order valence-electron chi connectivity index (χ2n) is 6.22. The van der Waals surface area contributed by atoms with Crippen LogP contribution in [-0.4, -0.2) is 29.3 Å². The van der Waals surface area contributed by atoms with Crippen molar-refractivity contribution in [1.29, 1.82) is 0 Å².